The standard InChI is InChI=1S/C27H27N3O5/c1-16(31)23(30-27(34)35-15-17-9-3-2-4-10-17)26(33)29-24(25(28)32)22-20-13-7-5-11-18(20)19-12-6-8-14-21(19)22/h2-14,16,22-24,31H,15H2,1H3,(H2,28,32)(H,29,33)(H,30,34)/t16-,23+,24-/m1/s1. The lowest BCUT2D eigenvalue weighted by atomic mass is 9.88. The van der Waals surface area contributed by atoms with Crippen LogP contribution in [0, 0.1) is 0 Å². The zero-order valence-electron chi connectivity index (χ0n) is 19.2. The van der Waals surface area contributed by atoms with Gasteiger partial charge in [-0.05, 0) is 34.7 Å². The van der Waals surface area contributed by atoms with Gasteiger partial charge < -0.3 is 26.2 Å². The molecule has 0 radical (unpaired) electrons. The molecular weight excluding hydrogens is 446 g/mol. The predicted molar refractivity (Wildman–Crippen MR) is 130 cm³/mol. The molecule has 3 amide bonds. The number of ether oxygens (including phenoxy) is 1. The molecule has 5 N–H and O–H groups in total. The highest BCUT2D eigenvalue weighted by Gasteiger charge is 2.39. The average molecular weight is 474 g/mol. The first-order valence-electron chi connectivity index (χ1n) is 11.3. The molecule has 0 spiro atoms. The average Bonchev–Trinajstić information content (AvgIpc) is 3.19. The molecule has 1 aliphatic rings. The van der Waals surface area contributed by atoms with Crippen LogP contribution in [-0.2, 0) is 20.9 Å². The first-order chi connectivity index (χ1) is 16.9. The molecule has 3 aromatic rings. The van der Waals surface area contributed by atoms with Crippen LogP contribution in [0.4, 0.5) is 4.79 Å². The van der Waals surface area contributed by atoms with Gasteiger partial charge in [0.25, 0.3) is 0 Å². The van der Waals surface area contributed by atoms with Crippen LogP contribution in [0.3, 0.4) is 0 Å². The van der Waals surface area contributed by atoms with Crippen LogP contribution < -0.4 is 16.4 Å². The van der Waals surface area contributed by atoms with Gasteiger partial charge in [0.15, 0.2) is 0 Å². The Kier molecular flexibility index (Phi) is 7.12. The summed E-state index contributed by atoms with van der Waals surface area (Å²) in [4.78, 5) is 38.0. The van der Waals surface area contributed by atoms with E-state index < -0.39 is 42.0 Å². The third-order valence-corrected chi connectivity index (χ3v) is 6.07. The number of fused-ring (bicyclic) bond motifs is 3. The second-order valence-electron chi connectivity index (χ2n) is 8.47. The van der Waals surface area contributed by atoms with E-state index in [1.165, 1.54) is 6.92 Å². The normalized spacial score (nSPS) is 14.7. The molecule has 4 rings (SSSR count). The van der Waals surface area contributed by atoms with Gasteiger partial charge in [-0.1, -0.05) is 78.9 Å². The molecule has 0 fully saturated rings. The molecule has 3 atom stereocenters. The van der Waals surface area contributed by atoms with Crippen molar-refractivity contribution < 1.29 is 24.2 Å². The van der Waals surface area contributed by atoms with Crippen molar-refractivity contribution in [3.05, 3.63) is 95.6 Å². The Hall–Kier alpha value is -4.17. The van der Waals surface area contributed by atoms with Gasteiger partial charge in [0, 0.05) is 5.92 Å². The summed E-state index contributed by atoms with van der Waals surface area (Å²) in [6.45, 7) is 1.36. The van der Waals surface area contributed by atoms with Gasteiger partial charge in [0.05, 0.1) is 6.10 Å². The van der Waals surface area contributed by atoms with Crippen LogP contribution in [0.15, 0.2) is 78.9 Å². The molecule has 0 unspecified atom stereocenters. The highest BCUT2D eigenvalue weighted by Crippen LogP contribution is 2.46. The van der Waals surface area contributed by atoms with E-state index in [0.717, 1.165) is 27.8 Å². The number of amides is 3. The van der Waals surface area contributed by atoms with Crippen LogP contribution in [0.25, 0.3) is 11.1 Å². The maximum absolute atomic E-state index is 13.1. The van der Waals surface area contributed by atoms with Gasteiger partial charge in [-0.25, -0.2) is 4.79 Å². The SMILES string of the molecule is C[C@@H](O)[C@H](NC(=O)OCc1ccccc1)C(=O)N[C@@H](C(N)=O)C1c2ccccc2-c2ccccc21. The zero-order valence-corrected chi connectivity index (χ0v) is 19.2. The Bertz CT molecular complexity index is 1180. The number of carbonyl (C=O) groups excluding carboxylic acids is 3. The van der Waals surface area contributed by atoms with Crippen molar-refractivity contribution >= 4 is 17.9 Å². The van der Waals surface area contributed by atoms with Gasteiger partial charge in [-0.2, -0.15) is 0 Å². The lowest BCUT2D eigenvalue weighted by Gasteiger charge is -2.27. The maximum Gasteiger partial charge on any atom is 0.408 e. The second kappa shape index (κ2) is 10.4. The van der Waals surface area contributed by atoms with Crippen molar-refractivity contribution in [2.75, 3.05) is 0 Å². The van der Waals surface area contributed by atoms with E-state index in [1.807, 2.05) is 66.7 Å². The lowest BCUT2D eigenvalue weighted by Crippen LogP contribution is -2.57. The van der Waals surface area contributed by atoms with Gasteiger partial charge in [-0.3, -0.25) is 9.59 Å². The number of alkyl carbamates (subject to hydrolysis) is 1. The van der Waals surface area contributed by atoms with E-state index in [9.17, 15) is 19.5 Å². The number of aliphatic hydroxyl groups excluding tert-OH is 1. The molecule has 0 saturated heterocycles. The Morgan fingerprint density at radius 2 is 1.43 bits per heavy atom. The van der Waals surface area contributed by atoms with Crippen molar-refractivity contribution in [2.24, 2.45) is 5.73 Å². The number of primary amides is 1. The van der Waals surface area contributed by atoms with E-state index in [4.69, 9.17) is 10.5 Å². The summed E-state index contributed by atoms with van der Waals surface area (Å²) in [5, 5.41) is 15.2. The van der Waals surface area contributed by atoms with E-state index in [2.05, 4.69) is 10.6 Å². The Morgan fingerprint density at radius 1 is 0.886 bits per heavy atom. The molecule has 0 bridgehead atoms. The minimum Gasteiger partial charge on any atom is -0.445 e. The van der Waals surface area contributed by atoms with E-state index in [-0.39, 0.29) is 6.61 Å². The summed E-state index contributed by atoms with van der Waals surface area (Å²) in [6.07, 6.45) is -2.13. The quantitative estimate of drug-likeness (QED) is 0.399. The maximum atomic E-state index is 13.1. The van der Waals surface area contributed by atoms with Crippen LogP contribution >= 0.6 is 0 Å². The van der Waals surface area contributed by atoms with Gasteiger partial charge >= 0.3 is 6.09 Å². The van der Waals surface area contributed by atoms with Gasteiger partial charge in [0.2, 0.25) is 11.8 Å². The third kappa shape index (κ3) is 5.17. The van der Waals surface area contributed by atoms with E-state index in [0.29, 0.717) is 0 Å². The zero-order chi connectivity index (χ0) is 24.9. The van der Waals surface area contributed by atoms with Crippen LogP contribution in [0.2, 0.25) is 0 Å². The van der Waals surface area contributed by atoms with Gasteiger partial charge in [0.1, 0.15) is 18.7 Å². The fourth-order valence-corrected chi connectivity index (χ4v) is 4.41. The third-order valence-electron chi connectivity index (χ3n) is 6.07. The van der Waals surface area contributed by atoms with Crippen molar-refractivity contribution in [3.8, 4) is 11.1 Å². The van der Waals surface area contributed by atoms with Crippen molar-refractivity contribution in [1.82, 2.24) is 10.6 Å². The predicted octanol–water partition coefficient (Wildman–Crippen LogP) is 2.44. The van der Waals surface area contributed by atoms with Crippen molar-refractivity contribution in [2.45, 2.75) is 37.6 Å². The summed E-state index contributed by atoms with van der Waals surface area (Å²) >= 11 is 0. The smallest absolute Gasteiger partial charge is 0.408 e. The molecule has 0 aliphatic heterocycles. The number of nitrogens with one attached hydrogen (secondary N) is 2. The molecule has 0 saturated carbocycles. The minimum absolute atomic E-state index is 0.000372. The minimum atomic E-state index is -1.35. The molecule has 8 heteroatoms. The fraction of sp³-hybridized carbons (Fsp3) is 0.222. The Morgan fingerprint density at radius 3 is 1.97 bits per heavy atom. The van der Waals surface area contributed by atoms with E-state index >= 15 is 0 Å². The number of hydrogen-bond acceptors (Lipinski definition) is 5. The van der Waals surface area contributed by atoms with Crippen molar-refractivity contribution in [1.29, 1.82) is 0 Å². The highest BCUT2D eigenvalue weighted by molar-refractivity contribution is 5.93. The Balaban J connectivity index is 1.51. The topological polar surface area (TPSA) is 131 Å². The Labute approximate surface area is 203 Å². The second-order valence-corrected chi connectivity index (χ2v) is 8.47. The molecule has 0 heterocycles. The molecule has 35 heavy (non-hydrogen) atoms. The molecule has 8 nitrogen and oxygen atoms in total. The largest absolute Gasteiger partial charge is 0.445 e. The molecule has 0 aromatic heterocycles. The molecular formula is C27H27N3O5. The van der Waals surface area contributed by atoms with Crippen LogP contribution in [0.5, 0.6) is 0 Å². The number of nitrogens with two attached hydrogens (primary N) is 1. The number of aliphatic hydroxyl groups is 1. The number of benzene rings is 3. The van der Waals surface area contributed by atoms with Crippen LogP contribution in [0.1, 0.15) is 29.5 Å². The van der Waals surface area contributed by atoms with Crippen molar-refractivity contribution in [3.63, 3.8) is 0 Å². The summed E-state index contributed by atoms with van der Waals surface area (Å²) in [5.74, 6) is -1.99. The summed E-state index contributed by atoms with van der Waals surface area (Å²) in [6, 6.07) is 21.8. The lowest BCUT2D eigenvalue weighted by molar-refractivity contribution is -0.130. The number of hydrogen-bond donors (Lipinski definition) is 4. The highest BCUT2D eigenvalue weighted by atomic mass is 16.5. The van der Waals surface area contributed by atoms with Gasteiger partial charge in [-0.15, -0.1) is 0 Å². The van der Waals surface area contributed by atoms with E-state index in [1.54, 1.807) is 12.1 Å². The molecule has 180 valence electrons. The van der Waals surface area contributed by atoms with Crippen LogP contribution in [-0.4, -0.2) is 41.2 Å². The molecule has 1 aliphatic carbocycles. The number of rotatable bonds is 8. The first kappa shape index (κ1) is 24.0. The summed E-state index contributed by atoms with van der Waals surface area (Å²) in [7, 11) is 0. The number of carbonyl (C=O) groups is 3. The first-order valence-corrected chi connectivity index (χ1v) is 11.3. The monoisotopic (exact) mass is 473 g/mol. The molecule has 3 aromatic carbocycles. The summed E-state index contributed by atoms with van der Waals surface area (Å²) in [5.41, 5.74) is 10.2. The fourth-order valence-electron chi connectivity index (χ4n) is 4.41. The summed E-state index contributed by atoms with van der Waals surface area (Å²) < 4.78 is 5.17.